The Kier molecular flexibility index (Phi) is 6.37. The quantitative estimate of drug-likeness (QED) is 0.772. The van der Waals surface area contributed by atoms with Crippen LogP contribution in [0.15, 0.2) is 30.3 Å². The average molecular weight is 381 g/mol. The topological polar surface area (TPSA) is 75.3 Å². The zero-order chi connectivity index (χ0) is 18.6. The van der Waals surface area contributed by atoms with Crippen molar-refractivity contribution in [2.45, 2.75) is 33.1 Å². The third-order valence-corrected chi connectivity index (χ3v) is 5.66. The van der Waals surface area contributed by atoms with E-state index < -0.39 is 10.0 Å². The molecule has 25 heavy (non-hydrogen) atoms. The molecule has 136 valence electrons. The van der Waals surface area contributed by atoms with E-state index in [0.717, 1.165) is 27.9 Å². The van der Waals surface area contributed by atoms with Crippen LogP contribution in [0, 0.1) is 6.92 Å². The lowest BCUT2D eigenvalue weighted by atomic mass is 9.98. The minimum absolute atomic E-state index is 0.136. The first kappa shape index (κ1) is 19.6. The molecule has 0 bridgehead atoms. The lowest BCUT2D eigenvalue weighted by Gasteiger charge is -2.16. The summed E-state index contributed by atoms with van der Waals surface area (Å²) >= 11 is 1.38. The van der Waals surface area contributed by atoms with Gasteiger partial charge in [0.1, 0.15) is 0 Å². The summed E-state index contributed by atoms with van der Waals surface area (Å²) in [4.78, 5) is 14.2. The van der Waals surface area contributed by atoms with E-state index in [-0.39, 0.29) is 5.91 Å². The number of aryl methyl sites for hydroxylation is 1. The van der Waals surface area contributed by atoms with Crippen molar-refractivity contribution in [3.05, 3.63) is 51.2 Å². The smallest absolute Gasteiger partial charge is 0.265 e. The second-order valence-electron chi connectivity index (χ2n) is 6.33. The molecule has 0 saturated carbocycles. The molecule has 7 heteroatoms. The van der Waals surface area contributed by atoms with Gasteiger partial charge in [0.05, 0.1) is 11.1 Å². The molecule has 1 aromatic carbocycles. The highest BCUT2D eigenvalue weighted by Crippen LogP contribution is 2.28. The van der Waals surface area contributed by atoms with E-state index in [1.165, 1.54) is 11.3 Å². The summed E-state index contributed by atoms with van der Waals surface area (Å²) in [5.74, 6) is 0.180. The normalized spacial score (nSPS) is 11.7. The number of nitrogens with one attached hydrogen (secondary N) is 2. The van der Waals surface area contributed by atoms with Gasteiger partial charge in [0, 0.05) is 17.1 Å². The number of hydrogen-bond donors (Lipinski definition) is 2. The van der Waals surface area contributed by atoms with E-state index in [9.17, 15) is 13.2 Å². The highest BCUT2D eigenvalue weighted by Gasteiger charge is 2.15. The third-order valence-electron chi connectivity index (χ3n) is 3.79. The van der Waals surface area contributed by atoms with E-state index >= 15 is 0 Å². The van der Waals surface area contributed by atoms with Crippen LogP contribution >= 0.6 is 11.3 Å². The van der Waals surface area contributed by atoms with Gasteiger partial charge in [-0.25, -0.2) is 13.1 Å². The highest BCUT2D eigenvalue weighted by molar-refractivity contribution is 7.88. The van der Waals surface area contributed by atoms with E-state index in [0.29, 0.717) is 23.8 Å². The predicted molar refractivity (Wildman–Crippen MR) is 104 cm³/mol. The van der Waals surface area contributed by atoms with Crippen LogP contribution in [0.4, 0.5) is 5.69 Å². The Morgan fingerprint density at radius 1 is 1.20 bits per heavy atom. The SMILES string of the molecule is Cc1cccc(C(C)C)c1NC(=O)c1ccc(CCNS(C)(=O)=O)s1. The number of para-hydroxylation sites is 1. The Labute approximate surface area is 153 Å². The van der Waals surface area contributed by atoms with Gasteiger partial charge in [0.15, 0.2) is 0 Å². The first-order valence-electron chi connectivity index (χ1n) is 8.11. The molecule has 0 spiro atoms. The van der Waals surface area contributed by atoms with Crippen molar-refractivity contribution in [1.82, 2.24) is 4.72 Å². The molecule has 5 nitrogen and oxygen atoms in total. The van der Waals surface area contributed by atoms with Gasteiger partial charge in [-0.15, -0.1) is 11.3 Å². The number of carbonyl (C=O) groups is 1. The first-order chi connectivity index (χ1) is 11.7. The van der Waals surface area contributed by atoms with Gasteiger partial charge >= 0.3 is 0 Å². The second-order valence-corrected chi connectivity index (χ2v) is 9.33. The number of sulfonamides is 1. The first-order valence-corrected chi connectivity index (χ1v) is 10.8. The second kappa shape index (κ2) is 8.12. The molecule has 1 aromatic heterocycles. The Balaban J connectivity index is 2.08. The lowest BCUT2D eigenvalue weighted by molar-refractivity contribution is 0.103. The van der Waals surface area contributed by atoms with Crippen LogP contribution in [0.2, 0.25) is 0 Å². The van der Waals surface area contributed by atoms with Crippen molar-refractivity contribution in [2.24, 2.45) is 0 Å². The van der Waals surface area contributed by atoms with Crippen molar-refractivity contribution < 1.29 is 13.2 Å². The molecule has 2 rings (SSSR count). The zero-order valence-electron chi connectivity index (χ0n) is 14.9. The molecule has 1 amide bonds. The maximum absolute atomic E-state index is 12.6. The van der Waals surface area contributed by atoms with Gasteiger partial charge in [0.2, 0.25) is 10.0 Å². The van der Waals surface area contributed by atoms with E-state index in [1.807, 2.05) is 31.2 Å². The van der Waals surface area contributed by atoms with Crippen molar-refractivity contribution in [3.8, 4) is 0 Å². The largest absolute Gasteiger partial charge is 0.321 e. The summed E-state index contributed by atoms with van der Waals surface area (Å²) in [7, 11) is -3.19. The van der Waals surface area contributed by atoms with Crippen LogP contribution in [0.3, 0.4) is 0 Å². The van der Waals surface area contributed by atoms with Crippen molar-refractivity contribution in [3.63, 3.8) is 0 Å². The fraction of sp³-hybridized carbons (Fsp3) is 0.389. The van der Waals surface area contributed by atoms with Gasteiger partial charge in [-0.05, 0) is 42.5 Å². The minimum Gasteiger partial charge on any atom is -0.321 e. The molecule has 0 saturated heterocycles. The van der Waals surface area contributed by atoms with Crippen LogP contribution in [-0.2, 0) is 16.4 Å². The van der Waals surface area contributed by atoms with Crippen LogP contribution in [0.1, 0.15) is 45.4 Å². The van der Waals surface area contributed by atoms with Crippen LogP contribution in [0.5, 0.6) is 0 Å². The predicted octanol–water partition coefficient (Wildman–Crippen LogP) is 3.52. The molecule has 0 radical (unpaired) electrons. The third kappa shape index (κ3) is 5.66. The van der Waals surface area contributed by atoms with Crippen molar-refractivity contribution >= 4 is 33.0 Å². The number of anilines is 1. The van der Waals surface area contributed by atoms with Crippen LogP contribution in [-0.4, -0.2) is 27.1 Å². The Bertz CT molecular complexity index is 855. The minimum atomic E-state index is -3.19. The number of amides is 1. The summed E-state index contributed by atoms with van der Waals surface area (Å²) in [5.41, 5.74) is 3.02. The monoisotopic (exact) mass is 380 g/mol. The van der Waals surface area contributed by atoms with Gasteiger partial charge in [0.25, 0.3) is 5.91 Å². The molecule has 2 N–H and O–H groups in total. The standard InChI is InChI=1S/C18H24N2O3S2/c1-12(2)15-7-5-6-13(3)17(15)20-18(21)16-9-8-14(24-16)10-11-19-25(4,22)23/h5-9,12,19H,10-11H2,1-4H3,(H,20,21). The molecule has 2 aromatic rings. The van der Waals surface area contributed by atoms with Crippen molar-refractivity contribution in [2.75, 3.05) is 18.1 Å². The fourth-order valence-corrected chi connectivity index (χ4v) is 3.89. The van der Waals surface area contributed by atoms with Gasteiger partial charge in [-0.1, -0.05) is 32.0 Å². The number of thiophene rings is 1. The molecule has 0 aliphatic heterocycles. The Hall–Kier alpha value is -1.70. The summed E-state index contributed by atoms with van der Waals surface area (Å²) in [6.45, 7) is 6.51. The zero-order valence-corrected chi connectivity index (χ0v) is 16.6. The summed E-state index contributed by atoms with van der Waals surface area (Å²) in [6.07, 6.45) is 1.70. The maximum atomic E-state index is 12.6. The molecule has 0 fully saturated rings. The summed E-state index contributed by atoms with van der Waals surface area (Å²) < 4.78 is 24.6. The number of benzene rings is 1. The van der Waals surface area contributed by atoms with Crippen LogP contribution < -0.4 is 10.0 Å². The van der Waals surface area contributed by atoms with Gasteiger partial charge in [-0.2, -0.15) is 0 Å². The van der Waals surface area contributed by atoms with Crippen molar-refractivity contribution in [1.29, 1.82) is 0 Å². The molecule has 0 unspecified atom stereocenters. The Morgan fingerprint density at radius 3 is 2.56 bits per heavy atom. The van der Waals surface area contributed by atoms with E-state index in [2.05, 4.69) is 23.9 Å². The van der Waals surface area contributed by atoms with Gasteiger partial charge < -0.3 is 5.32 Å². The highest BCUT2D eigenvalue weighted by atomic mass is 32.2. The number of hydrogen-bond acceptors (Lipinski definition) is 4. The molecular formula is C18H24N2O3S2. The molecule has 1 heterocycles. The average Bonchev–Trinajstić information content (AvgIpc) is 2.96. The molecule has 0 aliphatic carbocycles. The summed E-state index contributed by atoms with van der Waals surface area (Å²) in [5, 5.41) is 3.03. The molecule has 0 aliphatic rings. The number of carbonyl (C=O) groups excluding carboxylic acids is 1. The summed E-state index contributed by atoms with van der Waals surface area (Å²) in [6, 6.07) is 9.66. The molecular weight excluding hydrogens is 356 g/mol. The lowest BCUT2D eigenvalue weighted by Crippen LogP contribution is -2.24. The fourth-order valence-electron chi connectivity index (χ4n) is 2.51. The van der Waals surface area contributed by atoms with E-state index in [1.54, 1.807) is 6.07 Å². The van der Waals surface area contributed by atoms with E-state index in [4.69, 9.17) is 0 Å². The molecule has 0 atom stereocenters. The van der Waals surface area contributed by atoms with Crippen LogP contribution in [0.25, 0.3) is 0 Å². The Morgan fingerprint density at radius 2 is 1.92 bits per heavy atom. The maximum Gasteiger partial charge on any atom is 0.265 e. The van der Waals surface area contributed by atoms with Gasteiger partial charge in [-0.3, -0.25) is 4.79 Å². The number of rotatable bonds is 7.